The molecule has 8 heterocycles. The summed E-state index contributed by atoms with van der Waals surface area (Å²) in [5.74, 6) is -16.4. The molecule has 0 N–H and O–H groups in total. The molecule has 6 saturated heterocycles. The Balaban J connectivity index is 0.911. The smallest absolute Gasteiger partial charge is 0.338 e. The lowest BCUT2D eigenvalue weighted by Gasteiger charge is -2.57. The maximum atomic E-state index is 15.1. The Morgan fingerprint density at radius 2 is 0.701 bits per heavy atom. The second-order valence-electron chi connectivity index (χ2n) is 21.6. The number of rotatable bonds is 8. The van der Waals surface area contributed by atoms with Crippen LogP contribution in [0.15, 0.2) is 49.1 Å². The van der Waals surface area contributed by atoms with Crippen molar-refractivity contribution >= 4 is 47.5 Å². The Morgan fingerprint density at radius 3 is 0.955 bits per heavy atom. The van der Waals surface area contributed by atoms with Crippen LogP contribution in [0.25, 0.3) is 0 Å². The van der Waals surface area contributed by atoms with Gasteiger partial charge in [0.1, 0.15) is 0 Å². The van der Waals surface area contributed by atoms with Crippen LogP contribution >= 0.6 is 0 Å². The van der Waals surface area contributed by atoms with Crippen LogP contribution < -0.4 is 0 Å². The molecule has 2 aromatic heterocycles. The lowest BCUT2D eigenvalue weighted by atomic mass is 9.41. The Kier molecular flexibility index (Phi) is 7.68. The minimum Gasteiger partial charge on any atom is -0.467 e. The van der Waals surface area contributed by atoms with E-state index in [9.17, 15) is 19.2 Å². The maximum absolute atomic E-state index is 15.1. The second-order valence-corrected chi connectivity index (χ2v) is 21.6. The number of methoxy groups -OCH3 is 4. The third-order valence-electron chi connectivity index (χ3n) is 20.5. The molecule has 14 rings (SSSR count). The first-order valence-electron chi connectivity index (χ1n) is 23.6. The van der Waals surface area contributed by atoms with Crippen LogP contribution in [0.1, 0.15) is 30.4 Å². The molecule has 4 amide bonds. The number of pyridine rings is 2. The largest absolute Gasteiger partial charge is 0.467 e. The average molecular weight is 917 g/mol. The van der Waals surface area contributed by atoms with Gasteiger partial charge in [0.15, 0.2) is 22.4 Å². The van der Waals surface area contributed by atoms with Crippen LogP contribution in [0.4, 0.5) is 0 Å². The van der Waals surface area contributed by atoms with Gasteiger partial charge in [0, 0.05) is 72.1 Å². The number of nitrogens with zero attached hydrogens (tertiary/aromatic N) is 4. The van der Waals surface area contributed by atoms with Gasteiger partial charge in [0.25, 0.3) is 0 Å². The molecule has 10 bridgehead atoms. The molecular formula is C49H48N4O14. The molecule has 67 heavy (non-hydrogen) atoms. The van der Waals surface area contributed by atoms with Gasteiger partial charge in [-0.15, -0.1) is 0 Å². The number of aromatic nitrogens is 2. The van der Waals surface area contributed by atoms with Gasteiger partial charge in [0.2, 0.25) is 23.6 Å². The van der Waals surface area contributed by atoms with Crippen molar-refractivity contribution in [3.8, 4) is 0 Å². The van der Waals surface area contributed by atoms with Gasteiger partial charge in [-0.05, 0) is 90.2 Å². The number of carbonyl (C=O) groups is 8. The van der Waals surface area contributed by atoms with E-state index in [2.05, 4.69) is 9.97 Å². The summed E-state index contributed by atoms with van der Waals surface area (Å²) >= 11 is 0. The lowest BCUT2D eigenvalue weighted by Crippen LogP contribution is -2.69. The summed E-state index contributed by atoms with van der Waals surface area (Å²) in [6.07, 6.45) is 7.59. The third-order valence-corrected chi connectivity index (χ3v) is 20.5. The zero-order chi connectivity index (χ0) is 46.2. The number of hydrogen-bond acceptors (Lipinski definition) is 16. The molecular weight excluding hydrogens is 869 g/mol. The maximum Gasteiger partial charge on any atom is 0.338 e. The normalized spacial score (nSPS) is 49.6. The number of carbonyl (C=O) groups excluding carboxylic acids is 8. The number of amides is 4. The predicted octanol–water partition coefficient (Wildman–Crippen LogP) is 0.993. The molecule has 2 unspecified atom stereocenters. The van der Waals surface area contributed by atoms with Gasteiger partial charge < -0.3 is 28.4 Å². The zero-order valence-electron chi connectivity index (χ0n) is 37.1. The minimum atomic E-state index is -1.80. The van der Waals surface area contributed by atoms with Crippen molar-refractivity contribution in [3.63, 3.8) is 0 Å². The molecule has 6 saturated carbocycles. The molecule has 18 nitrogen and oxygen atoms in total. The van der Waals surface area contributed by atoms with Gasteiger partial charge in [0.05, 0.1) is 65.2 Å². The van der Waals surface area contributed by atoms with Crippen molar-refractivity contribution in [1.29, 1.82) is 0 Å². The van der Waals surface area contributed by atoms with Gasteiger partial charge >= 0.3 is 23.9 Å². The summed E-state index contributed by atoms with van der Waals surface area (Å²) in [5, 5.41) is 0. The summed E-state index contributed by atoms with van der Waals surface area (Å²) in [7, 11) is 5.07. The number of hydrogen-bond donors (Lipinski definition) is 0. The van der Waals surface area contributed by atoms with E-state index in [1.54, 1.807) is 49.1 Å². The third kappa shape index (κ3) is 4.02. The van der Waals surface area contributed by atoms with E-state index < -0.39 is 153 Å². The number of likely N-dealkylation sites (tertiary alicyclic amines) is 2. The summed E-state index contributed by atoms with van der Waals surface area (Å²) in [4.78, 5) is 129. The fraction of sp³-hybridized carbons (Fsp3) is 0.633. The molecule has 0 radical (unpaired) electrons. The first-order chi connectivity index (χ1) is 32.3. The summed E-state index contributed by atoms with van der Waals surface area (Å²) in [5.41, 5.74) is -5.73. The first kappa shape index (κ1) is 40.4. The molecule has 0 aromatic carbocycles. The van der Waals surface area contributed by atoms with E-state index in [0.717, 1.165) is 11.1 Å². The molecule has 22 atom stereocenters. The van der Waals surface area contributed by atoms with E-state index in [1.165, 1.54) is 38.2 Å². The highest BCUT2D eigenvalue weighted by molar-refractivity contribution is 6.07. The van der Waals surface area contributed by atoms with Crippen LogP contribution in [0.5, 0.6) is 0 Å². The first-order valence-corrected chi connectivity index (χ1v) is 23.6. The number of ether oxygens (including phenoxy) is 6. The Bertz CT molecular complexity index is 2380. The Hall–Kier alpha value is -5.62. The highest BCUT2D eigenvalue weighted by Gasteiger charge is 2.98. The van der Waals surface area contributed by atoms with Gasteiger partial charge in [-0.25, -0.2) is 19.2 Å². The van der Waals surface area contributed by atoms with E-state index in [1.807, 2.05) is 0 Å². The number of fused-ring (bicyclic) bond motifs is 36. The Labute approximate surface area is 383 Å². The molecule has 6 aliphatic carbocycles. The fourth-order valence-corrected chi connectivity index (χ4v) is 19.7. The van der Waals surface area contributed by atoms with Crippen molar-refractivity contribution in [2.45, 2.75) is 54.8 Å². The van der Waals surface area contributed by atoms with Crippen LogP contribution in [0.3, 0.4) is 0 Å². The van der Waals surface area contributed by atoms with Crippen LogP contribution in [0.2, 0.25) is 0 Å². The molecule has 2 aromatic rings. The molecule has 18 heteroatoms. The van der Waals surface area contributed by atoms with E-state index >= 15 is 19.2 Å². The quantitative estimate of drug-likeness (QED) is 0.205. The van der Waals surface area contributed by atoms with Crippen LogP contribution in [-0.2, 0) is 79.9 Å². The highest BCUT2D eigenvalue weighted by Crippen LogP contribution is 2.88. The molecule has 12 aliphatic rings. The second kappa shape index (κ2) is 12.7. The van der Waals surface area contributed by atoms with Crippen molar-refractivity contribution in [1.82, 2.24) is 19.8 Å². The van der Waals surface area contributed by atoms with Crippen molar-refractivity contribution in [2.24, 2.45) is 107 Å². The Morgan fingerprint density at radius 1 is 0.463 bits per heavy atom. The summed E-state index contributed by atoms with van der Waals surface area (Å²) in [6.45, 7) is 0.109. The predicted molar refractivity (Wildman–Crippen MR) is 217 cm³/mol. The summed E-state index contributed by atoms with van der Waals surface area (Å²) < 4.78 is 37.4. The number of esters is 4. The van der Waals surface area contributed by atoms with Crippen molar-refractivity contribution < 1.29 is 66.8 Å². The molecule has 0 spiro atoms. The van der Waals surface area contributed by atoms with Gasteiger partial charge in [-0.3, -0.25) is 38.9 Å². The topological polar surface area (TPSA) is 224 Å². The van der Waals surface area contributed by atoms with Crippen LogP contribution in [0, 0.1) is 107 Å². The highest BCUT2D eigenvalue weighted by atomic mass is 16.6. The average Bonchev–Trinajstić information content (AvgIpc) is 4.22. The fourth-order valence-electron chi connectivity index (χ4n) is 19.7. The summed E-state index contributed by atoms with van der Waals surface area (Å²) in [6, 6.07) is 6.99. The van der Waals surface area contributed by atoms with E-state index in [0.29, 0.717) is 19.3 Å². The zero-order valence-corrected chi connectivity index (χ0v) is 37.1. The molecule has 12 fully saturated rings. The molecule has 348 valence electrons. The standard InChI is InChI=1S/C49H48N4O14/c1-62-42(58)46-30-20-13-21(27-26(20)38(54)52(39(27)55)16-18-5-9-50-10-6-18)31(30)47(66-46,43(59)63-2)35-25-15-24(34(35)46)36-37(25)49(45(61)65-4)33-23-14-22(32(33)48(36,67-49)44(60)64-3)28-29(23)41(57)53(40(28)56)17-19-7-11-51-12-8-19/h5-12,20-37H,13-17H2,1-4H3/t20-,21+,22+,23-,24?,25?,26-,27+,28+,29-,30+,31-,32-,33+,34-,35+,36+,37-,46-,47+,48+,49-. The lowest BCUT2D eigenvalue weighted by molar-refractivity contribution is -0.193. The number of imide groups is 2. The van der Waals surface area contributed by atoms with E-state index in [4.69, 9.17) is 28.4 Å². The van der Waals surface area contributed by atoms with Crippen molar-refractivity contribution in [2.75, 3.05) is 28.4 Å². The monoisotopic (exact) mass is 916 g/mol. The van der Waals surface area contributed by atoms with Crippen LogP contribution in [-0.4, -0.2) is 118 Å². The van der Waals surface area contributed by atoms with Crippen molar-refractivity contribution in [3.05, 3.63) is 60.2 Å². The molecule has 6 aliphatic heterocycles. The SMILES string of the molecule is COC(=O)[C@@]12O[C@@](C(=O)OC)([C@@H]3[C@H]4C[C@H]([C@H]5C(=O)N(Cc6ccncc6)C(=O)[C@@H]45)[C@@H]31)[C@H]1C3CC([C@H]12)[C@H]1[C@@H]3[C@]2(C(=O)OC)O[C@@]1(C(=O)OC)[C@@H]1[C@H]3C[C@H]([C@H]4C(=O)N(Cc5ccncc5)C(=O)[C@@H]34)[C@@H]12. The van der Waals surface area contributed by atoms with Gasteiger partial charge in [-0.1, -0.05) is 0 Å². The van der Waals surface area contributed by atoms with E-state index in [-0.39, 0.29) is 36.7 Å². The van der Waals surface area contributed by atoms with Gasteiger partial charge in [-0.2, -0.15) is 0 Å². The minimum absolute atomic E-state index is 0.0543.